The number of benzene rings is 1. The van der Waals surface area contributed by atoms with Crippen LogP contribution in [0.3, 0.4) is 0 Å². The zero-order valence-corrected chi connectivity index (χ0v) is 16.7. The van der Waals surface area contributed by atoms with Crippen LogP contribution in [0.1, 0.15) is 48.9 Å². The Bertz CT molecular complexity index is 1060. The Labute approximate surface area is 175 Å². The highest BCUT2D eigenvalue weighted by molar-refractivity contribution is 6.08. The maximum absolute atomic E-state index is 14.4. The van der Waals surface area contributed by atoms with E-state index in [9.17, 15) is 27.6 Å². The van der Waals surface area contributed by atoms with E-state index in [-0.39, 0.29) is 23.0 Å². The van der Waals surface area contributed by atoms with Crippen molar-refractivity contribution in [1.82, 2.24) is 14.9 Å². The SMILES string of the molecule is COC(=O)c1cccc2c1nc1n2C(NC(=O)CCC2CCCC2)(C(F)(F)F)C(=O)N1. The lowest BCUT2D eigenvalue weighted by molar-refractivity contribution is -0.217. The maximum Gasteiger partial charge on any atom is 0.440 e. The number of hydrogen-bond acceptors (Lipinski definition) is 5. The van der Waals surface area contributed by atoms with Gasteiger partial charge in [-0.3, -0.25) is 19.5 Å². The van der Waals surface area contributed by atoms with Crippen molar-refractivity contribution in [1.29, 1.82) is 0 Å². The highest BCUT2D eigenvalue weighted by atomic mass is 19.4. The molecule has 1 unspecified atom stereocenters. The molecule has 0 radical (unpaired) electrons. The molecule has 166 valence electrons. The Balaban J connectivity index is 1.76. The van der Waals surface area contributed by atoms with Gasteiger partial charge >= 0.3 is 12.1 Å². The molecule has 2 aromatic rings. The Kier molecular flexibility index (Phi) is 5.14. The number of carbonyl (C=O) groups is 3. The van der Waals surface area contributed by atoms with Crippen LogP contribution in [0.4, 0.5) is 19.1 Å². The Morgan fingerprint density at radius 3 is 2.68 bits per heavy atom. The molecule has 1 fully saturated rings. The minimum absolute atomic E-state index is 0.0558. The number of amides is 2. The number of esters is 1. The lowest BCUT2D eigenvalue weighted by atomic mass is 10.0. The van der Waals surface area contributed by atoms with Gasteiger partial charge in [-0.1, -0.05) is 31.7 Å². The van der Waals surface area contributed by atoms with Crippen LogP contribution in [0.5, 0.6) is 0 Å². The normalized spacial score (nSPS) is 21.2. The van der Waals surface area contributed by atoms with Crippen molar-refractivity contribution in [2.45, 2.75) is 50.4 Å². The van der Waals surface area contributed by atoms with E-state index in [0.717, 1.165) is 32.8 Å². The molecule has 0 spiro atoms. The number of methoxy groups -OCH3 is 1. The summed E-state index contributed by atoms with van der Waals surface area (Å²) < 4.78 is 48.3. The van der Waals surface area contributed by atoms with Gasteiger partial charge in [-0.2, -0.15) is 13.2 Å². The summed E-state index contributed by atoms with van der Waals surface area (Å²) in [6.45, 7) is 0. The van der Waals surface area contributed by atoms with Crippen LogP contribution in [0.15, 0.2) is 18.2 Å². The van der Waals surface area contributed by atoms with Gasteiger partial charge in [0.1, 0.15) is 5.52 Å². The van der Waals surface area contributed by atoms with Crippen molar-refractivity contribution in [2.75, 3.05) is 12.4 Å². The molecular formula is C20H21F3N4O4. The van der Waals surface area contributed by atoms with Gasteiger partial charge in [-0.25, -0.2) is 9.78 Å². The van der Waals surface area contributed by atoms with Crippen molar-refractivity contribution in [3.63, 3.8) is 0 Å². The number of halogens is 3. The molecular weight excluding hydrogens is 417 g/mol. The lowest BCUT2D eigenvalue weighted by Gasteiger charge is -2.32. The Morgan fingerprint density at radius 2 is 2.03 bits per heavy atom. The second kappa shape index (κ2) is 7.54. The molecule has 2 N–H and O–H groups in total. The third-order valence-corrected chi connectivity index (χ3v) is 5.96. The number of para-hydroxylation sites is 1. The standard InChI is InChI=1S/C20H21F3N4O4/c1-31-16(29)12-7-4-8-13-15(12)24-18-25-17(30)19(27(13)18,20(21,22)23)26-14(28)10-9-11-5-2-3-6-11/h4,7-8,11H,2-3,5-6,9-10H2,1H3,(H,26,28)(H,24,25,30). The third-order valence-electron chi connectivity index (χ3n) is 5.96. The number of nitrogens with zero attached hydrogens (tertiary/aromatic N) is 2. The van der Waals surface area contributed by atoms with Crippen LogP contribution in [0, 0.1) is 5.92 Å². The quantitative estimate of drug-likeness (QED) is 0.699. The van der Waals surface area contributed by atoms with Gasteiger partial charge in [0.25, 0.3) is 11.6 Å². The topological polar surface area (TPSA) is 102 Å². The van der Waals surface area contributed by atoms with Crippen LogP contribution in [-0.4, -0.2) is 40.6 Å². The van der Waals surface area contributed by atoms with Crippen molar-refractivity contribution in [3.8, 4) is 0 Å². The van der Waals surface area contributed by atoms with Crippen molar-refractivity contribution in [3.05, 3.63) is 23.8 Å². The van der Waals surface area contributed by atoms with E-state index in [2.05, 4.69) is 15.0 Å². The van der Waals surface area contributed by atoms with Crippen molar-refractivity contribution in [2.24, 2.45) is 5.92 Å². The summed E-state index contributed by atoms with van der Waals surface area (Å²) in [5, 5.41) is 4.03. The molecule has 1 aliphatic carbocycles. The van der Waals surface area contributed by atoms with Crippen LogP contribution in [-0.2, 0) is 20.0 Å². The zero-order chi connectivity index (χ0) is 22.4. The van der Waals surface area contributed by atoms with Crippen molar-refractivity contribution >= 4 is 34.8 Å². The van der Waals surface area contributed by atoms with E-state index < -0.39 is 35.6 Å². The number of hydrogen-bond donors (Lipinski definition) is 2. The van der Waals surface area contributed by atoms with Gasteiger partial charge < -0.3 is 10.1 Å². The summed E-state index contributed by atoms with van der Waals surface area (Å²) in [4.78, 5) is 41.2. The fourth-order valence-electron chi connectivity index (χ4n) is 4.43. The molecule has 2 heterocycles. The average molecular weight is 438 g/mol. The number of anilines is 1. The number of fused-ring (bicyclic) bond motifs is 3. The van der Waals surface area contributed by atoms with Gasteiger partial charge in [0.05, 0.1) is 18.2 Å². The molecule has 0 saturated heterocycles. The van der Waals surface area contributed by atoms with Crippen LogP contribution < -0.4 is 10.6 Å². The summed E-state index contributed by atoms with van der Waals surface area (Å²) in [6, 6.07) is 4.01. The average Bonchev–Trinajstić information content (AvgIpc) is 3.41. The van der Waals surface area contributed by atoms with E-state index in [1.54, 1.807) is 0 Å². The highest BCUT2D eigenvalue weighted by Crippen LogP contribution is 2.44. The molecule has 2 aliphatic rings. The minimum Gasteiger partial charge on any atom is -0.465 e. The minimum atomic E-state index is -5.17. The third kappa shape index (κ3) is 3.31. The number of nitrogens with one attached hydrogen (secondary N) is 2. The summed E-state index contributed by atoms with van der Waals surface area (Å²) in [5.74, 6) is -3.23. The number of rotatable bonds is 5. The second-order valence-corrected chi connectivity index (χ2v) is 7.84. The lowest BCUT2D eigenvalue weighted by Crippen LogP contribution is -2.63. The largest absolute Gasteiger partial charge is 0.465 e. The van der Waals surface area contributed by atoms with Crippen LogP contribution >= 0.6 is 0 Å². The first-order valence-electron chi connectivity index (χ1n) is 9.98. The molecule has 8 nitrogen and oxygen atoms in total. The van der Waals surface area contributed by atoms with E-state index in [1.807, 2.05) is 5.32 Å². The molecule has 1 aromatic heterocycles. The summed E-state index contributed by atoms with van der Waals surface area (Å²) >= 11 is 0. The molecule has 1 atom stereocenters. The fraction of sp³-hybridized carbons (Fsp3) is 0.500. The van der Waals surface area contributed by atoms with Gasteiger partial charge in [-0.15, -0.1) is 0 Å². The molecule has 2 amide bonds. The van der Waals surface area contributed by atoms with Gasteiger partial charge in [0.2, 0.25) is 11.9 Å². The molecule has 11 heteroatoms. The second-order valence-electron chi connectivity index (χ2n) is 7.84. The number of ether oxygens (including phenoxy) is 1. The monoisotopic (exact) mass is 438 g/mol. The number of aromatic nitrogens is 2. The molecule has 4 rings (SSSR count). The van der Waals surface area contributed by atoms with E-state index in [0.29, 0.717) is 16.9 Å². The first-order chi connectivity index (χ1) is 14.7. The summed E-state index contributed by atoms with van der Waals surface area (Å²) in [6.07, 6.45) is -0.825. The summed E-state index contributed by atoms with van der Waals surface area (Å²) in [7, 11) is 1.14. The molecule has 31 heavy (non-hydrogen) atoms. The number of alkyl halides is 3. The van der Waals surface area contributed by atoms with E-state index >= 15 is 0 Å². The van der Waals surface area contributed by atoms with E-state index in [1.165, 1.54) is 18.2 Å². The predicted molar refractivity (Wildman–Crippen MR) is 103 cm³/mol. The fourth-order valence-corrected chi connectivity index (χ4v) is 4.43. The van der Waals surface area contributed by atoms with Crippen LogP contribution in [0.2, 0.25) is 0 Å². The van der Waals surface area contributed by atoms with Gasteiger partial charge in [0, 0.05) is 6.42 Å². The molecule has 1 aromatic carbocycles. The smallest absolute Gasteiger partial charge is 0.440 e. The maximum atomic E-state index is 14.4. The predicted octanol–water partition coefficient (Wildman–Crippen LogP) is 3.08. The Hall–Kier alpha value is -3.11. The first-order valence-corrected chi connectivity index (χ1v) is 9.98. The zero-order valence-electron chi connectivity index (χ0n) is 16.7. The Morgan fingerprint density at radius 1 is 1.32 bits per heavy atom. The highest BCUT2D eigenvalue weighted by Gasteiger charge is 2.67. The van der Waals surface area contributed by atoms with Crippen molar-refractivity contribution < 1.29 is 32.3 Å². The summed E-state index contributed by atoms with van der Waals surface area (Å²) in [5.41, 5.74) is -3.62. The first kappa shape index (κ1) is 21.1. The van der Waals surface area contributed by atoms with Crippen LogP contribution in [0.25, 0.3) is 11.0 Å². The molecule has 0 bridgehead atoms. The van der Waals surface area contributed by atoms with E-state index in [4.69, 9.17) is 0 Å². The van der Waals surface area contributed by atoms with Gasteiger partial charge in [-0.05, 0) is 24.5 Å². The number of imidazole rings is 1. The van der Waals surface area contributed by atoms with Gasteiger partial charge in [0.15, 0.2) is 0 Å². The number of carbonyl (C=O) groups excluding carboxylic acids is 3. The molecule has 1 saturated carbocycles. The molecule has 1 aliphatic heterocycles.